The molecule has 52 heavy (non-hydrogen) atoms. The number of carbonyl (C=O) groups excluding carboxylic acids is 1. The number of thiocarbonyl (C=S) groups is 1. The predicted octanol–water partition coefficient (Wildman–Crippen LogP) is 8.07. The maximum atomic E-state index is 14.0. The van der Waals surface area contributed by atoms with Gasteiger partial charge in [-0.3, -0.25) is 24.0 Å². The van der Waals surface area contributed by atoms with Gasteiger partial charge in [0.1, 0.15) is 18.0 Å². The van der Waals surface area contributed by atoms with Crippen molar-refractivity contribution in [2.75, 3.05) is 4.90 Å². The van der Waals surface area contributed by atoms with Crippen LogP contribution in [-0.2, 0) is 23.2 Å². The predicted molar refractivity (Wildman–Crippen MR) is 209 cm³/mol. The van der Waals surface area contributed by atoms with Crippen LogP contribution in [0.25, 0.3) is 28.7 Å². The van der Waals surface area contributed by atoms with E-state index in [1.54, 1.807) is 22.5 Å². The first-order valence-corrected chi connectivity index (χ1v) is 17.6. The number of aliphatic carboxylic acids is 1. The molecule has 1 N–H and O–H groups in total. The Hall–Kier alpha value is -5.69. The number of halogens is 1. The lowest BCUT2D eigenvalue weighted by Gasteiger charge is -2.12. The van der Waals surface area contributed by atoms with Gasteiger partial charge in [-0.25, -0.2) is 9.36 Å². The minimum atomic E-state index is -0.833. The normalized spacial score (nSPS) is 13.3. The van der Waals surface area contributed by atoms with E-state index < -0.39 is 5.97 Å². The van der Waals surface area contributed by atoms with Gasteiger partial charge in [-0.1, -0.05) is 90.2 Å². The Morgan fingerprint density at radius 1 is 0.923 bits per heavy atom. The summed E-state index contributed by atoms with van der Waals surface area (Å²) >= 11 is 13.2. The molecular weight excluding hydrogens is 718 g/mol. The molecule has 262 valence electrons. The van der Waals surface area contributed by atoms with Crippen molar-refractivity contribution in [3.05, 3.63) is 152 Å². The zero-order valence-corrected chi connectivity index (χ0v) is 30.7. The van der Waals surface area contributed by atoms with Crippen molar-refractivity contribution in [3.63, 3.8) is 0 Å². The number of carbonyl (C=O) groups is 2. The monoisotopic (exact) mass is 749 g/mol. The summed E-state index contributed by atoms with van der Waals surface area (Å²) in [5.74, 6) is -0.513. The fraction of sp³-hybridized carbons (Fsp3) is 0.103. The second-order valence-electron chi connectivity index (χ2n) is 11.6. The van der Waals surface area contributed by atoms with Crippen LogP contribution in [0.2, 0.25) is 5.02 Å². The molecule has 0 radical (unpaired) electrons. The van der Waals surface area contributed by atoms with E-state index in [4.69, 9.17) is 43.6 Å². The molecule has 13 heteroatoms. The van der Waals surface area contributed by atoms with Gasteiger partial charge in [0.25, 0.3) is 17.4 Å². The maximum Gasteiger partial charge on any atom is 0.300 e. The first kappa shape index (κ1) is 36.1. The molecule has 0 saturated carbocycles. The standard InChI is InChI=1S/C37H28ClN5O3S2.C2H4O2/c1-24-34(36(45)43(40(24)2)29-14-7-4-8-15-29)42-35(44)32(48-37(42)47)21-27-22-41(28-12-5-3-6-13-28)39-33(27)25-17-19-30(20-18-25)46-23-26-11-9-10-16-31(26)38;1-2(3)4/h3-22H,23H2,1-2H3;1H3,(H,3,4)/b32-21-;. The number of anilines is 1. The van der Waals surface area contributed by atoms with Crippen molar-refractivity contribution in [1.29, 1.82) is 0 Å². The second kappa shape index (κ2) is 15.7. The minimum Gasteiger partial charge on any atom is -0.489 e. The average Bonchev–Trinajstić information content (AvgIpc) is 3.75. The number of amides is 1. The third kappa shape index (κ3) is 7.64. The van der Waals surface area contributed by atoms with E-state index in [0.29, 0.717) is 39.4 Å². The Labute approximate surface area is 314 Å². The molecule has 10 nitrogen and oxygen atoms in total. The number of hydrogen-bond acceptors (Lipinski definition) is 7. The molecule has 2 aromatic heterocycles. The van der Waals surface area contributed by atoms with Gasteiger partial charge in [0.2, 0.25) is 0 Å². The van der Waals surface area contributed by atoms with E-state index in [9.17, 15) is 9.59 Å². The fourth-order valence-corrected chi connectivity index (χ4v) is 6.98. The van der Waals surface area contributed by atoms with Gasteiger partial charge >= 0.3 is 0 Å². The summed E-state index contributed by atoms with van der Waals surface area (Å²) in [4.78, 5) is 38.5. The van der Waals surface area contributed by atoms with Crippen LogP contribution in [0, 0.1) is 6.92 Å². The average molecular weight is 750 g/mol. The van der Waals surface area contributed by atoms with Crippen molar-refractivity contribution in [2.24, 2.45) is 7.05 Å². The number of carboxylic acids is 1. The molecule has 0 aliphatic carbocycles. The number of aromatic nitrogens is 4. The Morgan fingerprint density at radius 2 is 1.52 bits per heavy atom. The quantitative estimate of drug-likeness (QED) is 0.123. The summed E-state index contributed by atoms with van der Waals surface area (Å²) in [7, 11) is 1.79. The SMILES string of the molecule is CC(=O)O.Cc1c(N2C(=O)/C(=C/c3cn(-c4ccccc4)nc3-c3ccc(OCc4ccccc4Cl)cc3)SC2=S)c(=O)n(-c2ccccc2)n1C. The van der Waals surface area contributed by atoms with Crippen molar-refractivity contribution >= 4 is 63.5 Å². The van der Waals surface area contributed by atoms with E-state index in [2.05, 4.69) is 0 Å². The van der Waals surface area contributed by atoms with E-state index in [0.717, 1.165) is 41.1 Å². The van der Waals surface area contributed by atoms with Crippen LogP contribution < -0.4 is 15.2 Å². The smallest absolute Gasteiger partial charge is 0.300 e. The van der Waals surface area contributed by atoms with Gasteiger partial charge in [0, 0.05) is 41.9 Å². The molecule has 1 aliphatic heterocycles. The first-order valence-electron chi connectivity index (χ1n) is 16.0. The summed E-state index contributed by atoms with van der Waals surface area (Å²) in [6.07, 6.45) is 3.67. The molecule has 1 amide bonds. The van der Waals surface area contributed by atoms with E-state index in [1.807, 2.05) is 122 Å². The van der Waals surface area contributed by atoms with E-state index in [1.165, 1.54) is 9.58 Å². The number of ether oxygens (including phenoxy) is 1. The van der Waals surface area contributed by atoms with Gasteiger partial charge < -0.3 is 9.84 Å². The number of rotatable bonds is 8. The molecule has 4 aromatic carbocycles. The highest BCUT2D eigenvalue weighted by atomic mass is 35.5. The molecule has 3 heterocycles. The third-order valence-electron chi connectivity index (χ3n) is 8.07. The second-order valence-corrected chi connectivity index (χ2v) is 13.6. The number of nitrogens with zero attached hydrogens (tertiary/aromatic N) is 5. The van der Waals surface area contributed by atoms with Gasteiger partial charge in [0.05, 0.1) is 27.7 Å². The number of hydrogen-bond donors (Lipinski definition) is 1. The van der Waals surface area contributed by atoms with Crippen LogP contribution >= 0.6 is 35.6 Å². The Balaban J connectivity index is 0.00000110. The molecule has 0 spiro atoms. The number of para-hydroxylation sites is 2. The first-order chi connectivity index (χ1) is 25.0. The molecule has 1 saturated heterocycles. The van der Waals surface area contributed by atoms with Crippen LogP contribution in [0.3, 0.4) is 0 Å². The molecule has 1 aliphatic rings. The molecule has 0 atom stereocenters. The van der Waals surface area contributed by atoms with Gasteiger partial charge in [-0.05, 0) is 67.6 Å². The summed E-state index contributed by atoms with van der Waals surface area (Å²) in [6, 6.07) is 34.2. The molecule has 6 aromatic rings. The topological polar surface area (TPSA) is 112 Å². The summed E-state index contributed by atoms with van der Waals surface area (Å²) in [5, 5.41) is 13.0. The fourth-order valence-electron chi connectivity index (χ4n) is 5.53. The number of carboxylic acid groups (broad SMARTS) is 1. The highest BCUT2D eigenvalue weighted by molar-refractivity contribution is 8.27. The summed E-state index contributed by atoms with van der Waals surface area (Å²) in [6.45, 7) is 3.23. The van der Waals surface area contributed by atoms with Crippen LogP contribution in [0.5, 0.6) is 5.75 Å². The lowest BCUT2D eigenvalue weighted by Crippen LogP contribution is -2.33. The number of thioether (sulfide) groups is 1. The zero-order chi connectivity index (χ0) is 36.9. The van der Waals surface area contributed by atoms with Gasteiger partial charge in [-0.15, -0.1) is 0 Å². The molecule has 0 bridgehead atoms. The molecule has 0 unspecified atom stereocenters. The molecule has 7 rings (SSSR count). The van der Waals surface area contributed by atoms with Crippen LogP contribution in [-0.4, -0.2) is 40.4 Å². The lowest BCUT2D eigenvalue weighted by atomic mass is 10.1. The zero-order valence-electron chi connectivity index (χ0n) is 28.3. The highest BCUT2D eigenvalue weighted by Crippen LogP contribution is 2.38. The van der Waals surface area contributed by atoms with Crippen LogP contribution in [0.15, 0.2) is 125 Å². The third-order valence-corrected chi connectivity index (χ3v) is 9.74. The van der Waals surface area contributed by atoms with Crippen molar-refractivity contribution in [1.82, 2.24) is 19.1 Å². The van der Waals surface area contributed by atoms with Crippen molar-refractivity contribution in [3.8, 4) is 28.4 Å². The van der Waals surface area contributed by atoms with Gasteiger partial charge in [-0.2, -0.15) is 5.10 Å². The Kier molecular flexibility index (Phi) is 10.9. The van der Waals surface area contributed by atoms with Crippen molar-refractivity contribution < 1.29 is 19.4 Å². The van der Waals surface area contributed by atoms with Crippen LogP contribution in [0.1, 0.15) is 23.7 Å². The van der Waals surface area contributed by atoms with Crippen molar-refractivity contribution in [2.45, 2.75) is 20.5 Å². The maximum absolute atomic E-state index is 14.0. The minimum absolute atomic E-state index is 0.236. The largest absolute Gasteiger partial charge is 0.489 e. The lowest BCUT2D eigenvalue weighted by molar-refractivity contribution is -0.134. The Morgan fingerprint density at radius 3 is 2.15 bits per heavy atom. The Bertz CT molecular complexity index is 2360. The summed E-state index contributed by atoms with van der Waals surface area (Å²) in [5.41, 5.74) is 5.21. The van der Waals surface area contributed by atoms with Crippen LogP contribution in [0.4, 0.5) is 5.69 Å². The highest BCUT2D eigenvalue weighted by Gasteiger charge is 2.38. The van der Waals surface area contributed by atoms with Gasteiger partial charge in [0.15, 0.2) is 4.32 Å². The summed E-state index contributed by atoms with van der Waals surface area (Å²) < 4.78 is 11.3. The van der Waals surface area contributed by atoms with E-state index in [-0.39, 0.29) is 21.5 Å². The molecular formula is C39H32ClN5O5S2. The number of benzene rings is 4. The molecule has 1 fully saturated rings. The van der Waals surface area contributed by atoms with E-state index >= 15 is 0 Å².